The zero-order valence-corrected chi connectivity index (χ0v) is 19.3. The topological polar surface area (TPSA) is 77.4 Å². The van der Waals surface area contributed by atoms with Crippen molar-refractivity contribution >= 4 is 35.1 Å². The first kappa shape index (κ1) is 23.6. The van der Waals surface area contributed by atoms with Gasteiger partial charge < -0.3 is 14.6 Å². The number of amides is 1. The monoisotopic (exact) mass is 472 g/mol. The lowest BCUT2D eigenvalue weighted by Gasteiger charge is -2.18. The second kappa shape index (κ2) is 10.0. The molecule has 3 rings (SSSR count). The molecule has 0 saturated heterocycles. The number of rotatable bonds is 6. The maximum absolute atomic E-state index is 12.8. The summed E-state index contributed by atoms with van der Waals surface area (Å²) in [5.74, 6) is -1.03. The largest absolute Gasteiger partial charge is 0.467 e. The van der Waals surface area contributed by atoms with E-state index in [0.717, 1.165) is 5.56 Å². The van der Waals surface area contributed by atoms with Crippen molar-refractivity contribution in [3.63, 3.8) is 0 Å². The molecule has 0 aliphatic carbocycles. The van der Waals surface area contributed by atoms with Gasteiger partial charge in [0.1, 0.15) is 6.04 Å². The lowest BCUT2D eigenvalue weighted by Crippen LogP contribution is -2.43. The van der Waals surface area contributed by atoms with Gasteiger partial charge in [-0.25, -0.2) is 4.79 Å². The molecule has 0 saturated carbocycles. The van der Waals surface area contributed by atoms with Crippen molar-refractivity contribution in [2.24, 2.45) is 7.05 Å². The van der Waals surface area contributed by atoms with Crippen LogP contribution in [-0.2, 0) is 23.0 Å². The van der Waals surface area contributed by atoms with E-state index in [4.69, 9.17) is 27.9 Å². The number of halogens is 2. The van der Waals surface area contributed by atoms with Crippen molar-refractivity contribution < 1.29 is 14.3 Å². The summed E-state index contributed by atoms with van der Waals surface area (Å²) in [6, 6.07) is 13.0. The lowest BCUT2D eigenvalue weighted by molar-refractivity contribution is -0.142. The summed E-state index contributed by atoms with van der Waals surface area (Å²) in [5.41, 5.74) is 2.79. The van der Waals surface area contributed by atoms with E-state index in [0.29, 0.717) is 32.3 Å². The van der Waals surface area contributed by atoms with Crippen LogP contribution in [0.25, 0.3) is 11.1 Å². The van der Waals surface area contributed by atoms with Crippen LogP contribution in [0.15, 0.2) is 59.5 Å². The summed E-state index contributed by atoms with van der Waals surface area (Å²) in [7, 11) is 2.90. The van der Waals surface area contributed by atoms with Crippen LogP contribution in [0.3, 0.4) is 0 Å². The zero-order chi connectivity index (χ0) is 23.4. The third-order valence-corrected chi connectivity index (χ3v) is 5.62. The average Bonchev–Trinajstić information content (AvgIpc) is 2.75. The molecule has 0 fully saturated rings. The number of pyridine rings is 1. The highest BCUT2D eigenvalue weighted by Crippen LogP contribution is 2.22. The summed E-state index contributed by atoms with van der Waals surface area (Å²) in [6.07, 6.45) is 1.75. The Kier molecular flexibility index (Phi) is 7.38. The molecule has 166 valence electrons. The minimum atomic E-state index is -0.909. The first-order valence-corrected chi connectivity index (χ1v) is 10.6. The molecule has 2 aromatic carbocycles. The van der Waals surface area contributed by atoms with Crippen LogP contribution in [0.5, 0.6) is 0 Å². The van der Waals surface area contributed by atoms with E-state index in [1.165, 1.54) is 11.7 Å². The predicted molar refractivity (Wildman–Crippen MR) is 125 cm³/mol. The quantitative estimate of drug-likeness (QED) is 0.545. The first-order valence-electron chi connectivity index (χ1n) is 9.80. The van der Waals surface area contributed by atoms with Crippen LogP contribution in [0.4, 0.5) is 0 Å². The Balaban J connectivity index is 1.83. The number of nitrogens with zero attached hydrogens (tertiary/aromatic N) is 1. The number of hydrogen-bond donors (Lipinski definition) is 1. The van der Waals surface area contributed by atoms with Crippen LogP contribution in [-0.4, -0.2) is 29.6 Å². The Morgan fingerprint density at radius 3 is 2.44 bits per heavy atom. The molecular weight excluding hydrogens is 451 g/mol. The highest BCUT2D eigenvalue weighted by atomic mass is 35.5. The molecule has 32 heavy (non-hydrogen) atoms. The van der Waals surface area contributed by atoms with Gasteiger partial charge in [0.2, 0.25) is 0 Å². The van der Waals surface area contributed by atoms with Crippen LogP contribution in [0, 0.1) is 6.92 Å². The molecule has 0 radical (unpaired) electrons. The second-order valence-corrected chi connectivity index (χ2v) is 8.21. The fraction of sp³-hybridized carbons (Fsp3) is 0.208. The third-order valence-electron chi connectivity index (χ3n) is 5.09. The normalized spacial score (nSPS) is 11.7. The number of benzene rings is 2. The van der Waals surface area contributed by atoms with Crippen LogP contribution >= 0.6 is 23.2 Å². The van der Waals surface area contributed by atoms with Gasteiger partial charge in [0.25, 0.3) is 11.5 Å². The van der Waals surface area contributed by atoms with Crippen LogP contribution in [0.1, 0.15) is 21.5 Å². The highest BCUT2D eigenvalue weighted by Gasteiger charge is 2.24. The van der Waals surface area contributed by atoms with Crippen molar-refractivity contribution in [1.29, 1.82) is 0 Å². The Labute approximate surface area is 195 Å². The molecule has 1 heterocycles. The van der Waals surface area contributed by atoms with E-state index in [1.54, 1.807) is 68.7 Å². The van der Waals surface area contributed by atoms with Crippen molar-refractivity contribution in [2.75, 3.05) is 7.11 Å². The summed E-state index contributed by atoms with van der Waals surface area (Å²) < 4.78 is 6.29. The van der Waals surface area contributed by atoms with Crippen LogP contribution < -0.4 is 10.9 Å². The van der Waals surface area contributed by atoms with Gasteiger partial charge in [-0.1, -0.05) is 59.6 Å². The summed E-state index contributed by atoms with van der Waals surface area (Å²) >= 11 is 12.3. The van der Waals surface area contributed by atoms with Gasteiger partial charge in [-0.15, -0.1) is 0 Å². The number of esters is 1. The summed E-state index contributed by atoms with van der Waals surface area (Å²) in [6.45, 7) is 1.77. The van der Waals surface area contributed by atoms with Gasteiger partial charge in [-0.05, 0) is 35.7 Å². The third kappa shape index (κ3) is 5.21. The summed E-state index contributed by atoms with van der Waals surface area (Å²) in [4.78, 5) is 37.5. The SMILES string of the molecule is COC(=O)[C@H](Cc1ccc(-c2cc(Cl)cn(C)c2=O)cc1)NC(=O)c1c(C)cccc1Cl. The highest BCUT2D eigenvalue weighted by molar-refractivity contribution is 6.34. The molecule has 0 aliphatic heterocycles. The van der Waals surface area contributed by atoms with Crippen molar-refractivity contribution in [3.8, 4) is 11.1 Å². The number of methoxy groups -OCH3 is 1. The Morgan fingerprint density at radius 1 is 1.12 bits per heavy atom. The molecule has 1 amide bonds. The standard InChI is InChI=1S/C24H22Cl2N2O4/c1-14-5-4-6-19(26)21(14)22(29)27-20(24(31)32-3)11-15-7-9-16(10-8-15)18-12-17(25)13-28(2)23(18)30/h4-10,12-13,20H,11H2,1-3H3,(H,27,29)/t20-/m0/s1. The molecule has 0 bridgehead atoms. The fourth-order valence-corrected chi connectivity index (χ4v) is 3.98. The Hall–Kier alpha value is -3.09. The van der Waals surface area contributed by atoms with E-state index in [1.807, 2.05) is 0 Å². The van der Waals surface area contributed by atoms with Crippen molar-refractivity contribution in [2.45, 2.75) is 19.4 Å². The molecule has 1 N–H and O–H groups in total. The smallest absolute Gasteiger partial charge is 0.328 e. The van der Waals surface area contributed by atoms with Crippen molar-refractivity contribution in [1.82, 2.24) is 9.88 Å². The molecular formula is C24H22Cl2N2O4. The lowest BCUT2D eigenvalue weighted by atomic mass is 10.0. The Bertz CT molecular complexity index is 1200. The number of aromatic nitrogens is 1. The second-order valence-electron chi connectivity index (χ2n) is 7.37. The van der Waals surface area contributed by atoms with Gasteiger partial charge in [0.15, 0.2) is 0 Å². The number of ether oxygens (including phenoxy) is 1. The van der Waals surface area contributed by atoms with Gasteiger partial charge >= 0.3 is 5.97 Å². The van der Waals surface area contributed by atoms with Gasteiger partial charge in [0, 0.05) is 25.2 Å². The minimum absolute atomic E-state index is 0.169. The number of carbonyl (C=O) groups is 2. The number of nitrogens with one attached hydrogen (secondary N) is 1. The van der Waals surface area contributed by atoms with Crippen molar-refractivity contribution in [3.05, 3.63) is 91.8 Å². The predicted octanol–water partition coefficient (Wildman–Crippen LogP) is 4.18. The number of carbonyl (C=O) groups excluding carboxylic acids is 2. The molecule has 0 aliphatic rings. The first-order chi connectivity index (χ1) is 15.2. The minimum Gasteiger partial charge on any atom is -0.467 e. The molecule has 8 heteroatoms. The van der Waals surface area contributed by atoms with Gasteiger partial charge in [-0.2, -0.15) is 0 Å². The number of aryl methyl sites for hydroxylation is 2. The maximum Gasteiger partial charge on any atom is 0.328 e. The molecule has 0 spiro atoms. The fourth-order valence-electron chi connectivity index (χ4n) is 3.42. The molecule has 3 aromatic rings. The van der Waals surface area contributed by atoms with E-state index in [2.05, 4.69) is 5.32 Å². The van der Waals surface area contributed by atoms with E-state index < -0.39 is 17.9 Å². The Morgan fingerprint density at radius 2 is 1.81 bits per heavy atom. The average molecular weight is 473 g/mol. The molecule has 0 unspecified atom stereocenters. The maximum atomic E-state index is 12.8. The van der Waals surface area contributed by atoms with Gasteiger partial charge in [0.05, 0.1) is 22.7 Å². The zero-order valence-electron chi connectivity index (χ0n) is 17.8. The van der Waals surface area contributed by atoms with E-state index >= 15 is 0 Å². The molecule has 1 aromatic heterocycles. The van der Waals surface area contributed by atoms with E-state index in [-0.39, 0.29) is 12.0 Å². The molecule has 6 nitrogen and oxygen atoms in total. The van der Waals surface area contributed by atoms with Crippen LogP contribution in [0.2, 0.25) is 10.0 Å². The summed E-state index contributed by atoms with van der Waals surface area (Å²) in [5, 5.41) is 3.47. The molecule has 1 atom stereocenters. The number of hydrogen-bond acceptors (Lipinski definition) is 4. The van der Waals surface area contributed by atoms with Gasteiger partial charge in [-0.3, -0.25) is 9.59 Å². The van der Waals surface area contributed by atoms with E-state index in [9.17, 15) is 14.4 Å².